The number of amides is 1. The molecule has 0 spiro atoms. The van der Waals surface area contributed by atoms with Crippen LogP contribution in [0.15, 0.2) is 60.8 Å². The first-order valence-electron chi connectivity index (χ1n) is 9.05. The average Bonchev–Trinajstić information content (AvgIpc) is 3.17. The summed E-state index contributed by atoms with van der Waals surface area (Å²) < 4.78 is 6.84. The first-order valence-corrected chi connectivity index (χ1v) is 9.05. The Labute approximate surface area is 167 Å². The molecule has 29 heavy (non-hydrogen) atoms. The Hall–Kier alpha value is -3.81. The third kappa shape index (κ3) is 4.73. The van der Waals surface area contributed by atoms with Crippen LogP contribution in [0.4, 0.5) is 10.5 Å². The summed E-state index contributed by atoms with van der Waals surface area (Å²) in [5.74, 6) is -1.27. The van der Waals surface area contributed by atoms with E-state index in [1.54, 1.807) is 18.2 Å². The van der Waals surface area contributed by atoms with Gasteiger partial charge in [-0.3, -0.25) is 9.58 Å². The maximum atomic E-state index is 12.9. The predicted octanol–water partition coefficient (Wildman–Crippen LogP) is 3.65. The number of carboxylic acids is 1. The van der Waals surface area contributed by atoms with Crippen LogP contribution >= 0.6 is 0 Å². The SMILES string of the molecule is CCn1cc(N(Cc2ccccc2O)C(=O)OCc2ccccc2)c(C(=O)O)n1. The average molecular weight is 395 g/mol. The van der Waals surface area contributed by atoms with Gasteiger partial charge in [0.1, 0.15) is 18.0 Å². The molecular formula is C21H21N3O5. The highest BCUT2D eigenvalue weighted by atomic mass is 16.6. The van der Waals surface area contributed by atoms with Crippen molar-refractivity contribution in [1.29, 1.82) is 0 Å². The number of carbonyl (C=O) groups excluding carboxylic acids is 1. The lowest BCUT2D eigenvalue weighted by molar-refractivity contribution is 0.0690. The van der Waals surface area contributed by atoms with Gasteiger partial charge in [-0.15, -0.1) is 0 Å². The molecule has 0 aliphatic rings. The number of nitrogens with zero attached hydrogens (tertiary/aromatic N) is 3. The number of para-hydroxylation sites is 1. The fraction of sp³-hybridized carbons (Fsp3) is 0.190. The minimum Gasteiger partial charge on any atom is -0.508 e. The lowest BCUT2D eigenvalue weighted by Crippen LogP contribution is -2.32. The number of phenols is 1. The van der Waals surface area contributed by atoms with E-state index in [1.807, 2.05) is 37.3 Å². The van der Waals surface area contributed by atoms with Crippen LogP contribution in [-0.2, 0) is 24.4 Å². The van der Waals surface area contributed by atoms with E-state index >= 15 is 0 Å². The van der Waals surface area contributed by atoms with Crippen molar-refractivity contribution in [1.82, 2.24) is 9.78 Å². The van der Waals surface area contributed by atoms with Gasteiger partial charge < -0.3 is 14.9 Å². The van der Waals surface area contributed by atoms with Crippen LogP contribution in [0.3, 0.4) is 0 Å². The Kier molecular flexibility index (Phi) is 6.13. The molecule has 2 N–H and O–H groups in total. The number of carbonyl (C=O) groups is 2. The van der Waals surface area contributed by atoms with Crippen LogP contribution in [0.2, 0.25) is 0 Å². The summed E-state index contributed by atoms with van der Waals surface area (Å²) in [6.45, 7) is 2.20. The molecule has 1 amide bonds. The third-order valence-electron chi connectivity index (χ3n) is 4.31. The topological polar surface area (TPSA) is 105 Å². The number of anilines is 1. The monoisotopic (exact) mass is 395 g/mol. The molecule has 0 saturated heterocycles. The Bertz CT molecular complexity index is 1000. The van der Waals surface area contributed by atoms with Crippen molar-refractivity contribution in [2.75, 3.05) is 4.90 Å². The second kappa shape index (κ2) is 8.92. The van der Waals surface area contributed by atoms with Crippen LogP contribution in [0, 0.1) is 0 Å². The Morgan fingerprint density at radius 1 is 1.10 bits per heavy atom. The number of rotatable bonds is 7. The fourth-order valence-electron chi connectivity index (χ4n) is 2.78. The number of carboxylic acid groups (broad SMARTS) is 1. The molecule has 1 heterocycles. The number of aromatic carboxylic acids is 1. The summed E-state index contributed by atoms with van der Waals surface area (Å²) >= 11 is 0. The molecule has 0 unspecified atom stereocenters. The maximum absolute atomic E-state index is 12.9. The minimum atomic E-state index is -1.26. The van der Waals surface area contributed by atoms with E-state index in [-0.39, 0.29) is 30.3 Å². The smallest absolute Gasteiger partial charge is 0.415 e. The molecular weight excluding hydrogens is 374 g/mol. The zero-order valence-corrected chi connectivity index (χ0v) is 15.9. The molecule has 3 aromatic rings. The van der Waals surface area contributed by atoms with Gasteiger partial charge in [-0.2, -0.15) is 5.10 Å². The van der Waals surface area contributed by atoms with E-state index in [0.717, 1.165) is 5.56 Å². The van der Waals surface area contributed by atoms with Crippen LogP contribution in [0.5, 0.6) is 5.75 Å². The fourth-order valence-corrected chi connectivity index (χ4v) is 2.78. The molecule has 0 radical (unpaired) electrons. The van der Waals surface area contributed by atoms with E-state index in [0.29, 0.717) is 12.1 Å². The highest BCUT2D eigenvalue weighted by Crippen LogP contribution is 2.26. The Morgan fingerprint density at radius 3 is 2.45 bits per heavy atom. The number of aryl methyl sites for hydroxylation is 1. The summed E-state index contributed by atoms with van der Waals surface area (Å²) in [5.41, 5.74) is 1.08. The van der Waals surface area contributed by atoms with Crippen LogP contribution in [-0.4, -0.2) is 32.1 Å². The van der Waals surface area contributed by atoms with Gasteiger partial charge in [0.2, 0.25) is 0 Å². The van der Waals surface area contributed by atoms with E-state index < -0.39 is 12.1 Å². The van der Waals surface area contributed by atoms with Gasteiger partial charge in [0.15, 0.2) is 5.69 Å². The third-order valence-corrected chi connectivity index (χ3v) is 4.31. The number of aromatic hydroxyl groups is 1. The van der Waals surface area contributed by atoms with Gasteiger partial charge in [0.05, 0.1) is 6.54 Å². The van der Waals surface area contributed by atoms with Crippen LogP contribution < -0.4 is 4.90 Å². The molecule has 0 bridgehead atoms. The molecule has 0 fully saturated rings. The number of hydrogen-bond donors (Lipinski definition) is 2. The molecule has 0 saturated carbocycles. The van der Waals surface area contributed by atoms with E-state index in [4.69, 9.17) is 4.74 Å². The van der Waals surface area contributed by atoms with Gasteiger partial charge >= 0.3 is 12.1 Å². The largest absolute Gasteiger partial charge is 0.508 e. The summed E-state index contributed by atoms with van der Waals surface area (Å²) in [6.07, 6.45) is 0.739. The number of aromatic nitrogens is 2. The quantitative estimate of drug-likeness (QED) is 0.633. The Balaban J connectivity index is 1.93. The summed E-state index contributed by atoms with van der Waals surface area (Å²) in [4.78, 5) is 25.7. The second-order valence-corrected chi connectivity index (χ2v) is 6.28. The molecule has 0 aliphatic heterocycles. The van der Waals surface area contributed by atoms with Crippen molar-refractivity contribution in [3.05, 3.63) is 77.6 Å². The van der Waals surface area contributed by atoms with Gasteiger partial charge in [0, 0.05) is 18.3 Å². The zero-order chi connectivity index (χ0) is 20.8. The maximum Gasteiger partial charge on any atom is 0.415 e. The molecule has 0 atom stereocenters. The second-order valence-electron chi connectivity index (χ2n) is 6.28. The molecule has 1 aromatic heterocycles. The molecule has 150 valence electrons. The van der Waals surface area contributed by atoms with Crippen LogP contribution in [0.25, 0.3) is 0 Å². The van der Waals surface area contributed by atoms with Gasteiger partial charge in [0.25, 0.3) is 0 Å². The van der Waals surface area contributed by atoms with E-state index in [9.17, 15) is 19.8 Å². The van der Waals surface area contributed by atoms with Crippen molar-refractivity contribution < 1.29 is 24.5 Å². The zero-order valence-electron chi connectivity index (χ0n) is 15.9. The predicted molar refractivity (Wildman–Crippen MR) is 106 cm³/mol. The lowest BCUT2D eigenvalue weighted by atomic mass is 10.2. The van der Waals surface area contributed by atoms with Crippen molar-refractivity contribution in [2.24, 2.45) is 0 Å². The lowest BCUT2D eigenvalue weighted by Gasteiger charge is -2.22. The summed E-state index contributed by atoms with van der Waals surface area (Å²) in [5, 5.41) is 23.7. The number of phenolic OH excluding ortho intramolecular Hbond substituents is 1. The van der Waals surface area contributed by atoms with Gasteiger partial charge in [-0.1, -0.05) is 48.5 Å². The summed E-state index contributed by atoms with van der Waals surface area (Å²) in [7, 11) is 0. The highest BCUT2D eigenvalue weighted by molar-refractivity contribution is 5.98. The van der Waals surface area contributed by atoms with E-state index in [2.05, 4.69) is 5.10 Å². The van der Waals surface area contributed by atoms with Gasteiger partial charge in [-0.05, 0) is 18.6 Å². The Morgan fingerprint density at radius 2 is 1.79 bits per heavy atom. The van der Waals surface area contributed by atoms with Crippen LogP contribution in [0.1, 0.15) is 28.5 Å². The standard InChI is InChI=1S/C21H21N3O5/c1-2-23-13-17(19(22-23)20(26)27)24(12-16-10-6-7-11-18(16)25)21(28)29-14-15-8-4-3-5-9-15/h3-11,13,25H,2,12,14H2,1H3,(H,26,27). The summed E-state index contributed by atoms with van der Waals surface area (Å²) in [6, 6.07) is 15.7. The normalized spacial score (nSPS) is 10.5. The number of ether oxygens (including phenoxy) is 1. The highest BCUT2D eigenvalue weighted by Gasteiger charge is 2.27. The number of hydrogen-bond acceptors (Lipinski definition) is 5. The molecule has 3 rings (SSSR count). The van der Waals surface area contributed by atoms with Crippen molar-refractivity contribution in [3.8, 4) is 5.75 Å². The van der Waals surface area contributed by atoms with Crippen molar-refractivity contribution >= 4 is 17.7 Å². The molecule has 2 aromatic carbocycles. The van der Waals surface area contributed by atoms with Crippen molar-refractivity contribution in [2.45, 2.75) is 26.6 Å². The minimum absolute atomic E-state index is 0.00637. The molecule has 0 aliphatic carbocycles. The van der Waals surface area contributed by atoms with E-state index in [1.165, 1.54) is 21.8 Å². The first kappa shape index (κ1) is 19.9. The van der Waals surface area contributed by atoms with Gasteiger partial charge in [-0.25, -0.2) is 9.59 Å². The molecule has 8 nitrogen and oxygen atoms in total. The first-order chi connectivity index (χ1) is 14.0. The van der Waals surface area contributed by atoms with Crippen molar-refractivity contribution in [3.63, 3.8) is 0 Å². The molecule has 8 heteroatoms. The number of benzene rings is 2.